The zero-order valence-electron chi connectivity index (χ0n) is 21.0. The number of esters is 1. The summed E-state index contributed by atoms with van der Waals surface area (Å²) in [7, 11) is 0. The number of benzene rings is 1. The normalized spacial score (nSPS) is 20.9. The Hall–Kier alpha value is -1.77. The van der Waals surface area contributed by atoms with Gasteiger partial charge in [-0.15, -0.1) is 0 Å². The van der Waals surface area contributed by atoms with E-state index in [-0.39, 0.29) is 17.6 Å². The molecule has 1 N–H and O–H groups in total. The Morgan fingerprint density at radius 3 is 2.47 bits per heavy atom. The average molecular weight is 441 g/mol. The summed E-state index contributed by atoms with van der Waals surface area (Å²) in [4.78, 5) is 12.8. The van der Waals surface area contributed by atoms with Crippen LogP contribution in [0.1, 0.15) is 110 Å². The van der Waals surface area contributed by atoms with Crippen LogP contribution >= 0.6 is 0 Å². The summed E-state index contributed by atoms with van der Waals surface area (Å²) in [6, 6.07) is 3.93. The molecule has 2 aliphatic rings. The highest BCUT2D eigenvalue weighted by Gasteiger charge is 2.35. The molecule has 0 amide bonds. The van der Waals surface area contributed by atoms with Crippen molar-refractivity contribution in [3.8, 4) is 11.5 Å². The maximum Gasteiger partial charge on any atom is 0.318 e. The van der Waals surface area contributed by atoms with E-state index < -0.39 is 0 Å². The minimum atomic E-state index is -0.230. The number of phenolic OH excluding ortho intramolecular Hbond substituents is 1. The van der Waals surface area contributed by atoms with Crippen molar-refractivity contribution in [2.45, 2.75) is 105 Å². The van der Waals surface area contributed by atoms with Crippen LogP contribution < -0.4 is 4.74 Å². The van der Waals surface area contributed by atoms with Crippen molar-refractivity contribution in [3.05, 3.63) is 28.8 Å². The number of carbonyl (C=O) groups is 1. The van der Waals surface area contributed by atoms with Crippen molar-refractivity contribution in [1.29, 1.82) is 0 Å². The first-order chi connectivity index (χ1) is 15.3. The van der Waals surface area contributed by atoms with E-state index in [1.54, 1.807) is 0 Å². The van der Waals surface area contributed by atoms with Gasteiger partial charge in [-0.3, -0.25) is 4.79 Å². The van der Waals surface area contributed by atoms with Crippen LogP contribution in [0.25, 0.3) is 5.57 Å². The van der Waals surface area contributed by atoms with Gasteiger partial charge in [0, 0.05) is 0 Å². The van der Waals surface area contributed by atoms with Gasteiger partial charge in [-0.05, 0) is 86.5 Å². The second-order valence-electron chi connectivity index (χ2n) is 11.1. The van der Waals surface area contributed by atoms with Gasteiger partial charge in [-0.1, -0.05) is 65.4 Å². The highest BCUT2D eigenvalue weighted by Crippen LogP contribution is 2.49. The molecule has 3 rings (SSSR count). The second kappa shape index (κ2) is 11.4. The van der Waals surface area contributed by atoms with Crippen LogP contribution in [0.4, 0.5) is 0 Å². The maximum atomic E-state index is 12.8. The molecule has 0 radical (unpaired) electrons. The number of aromatic hydroxyl groups is 1. The molecular formula is C29H44O3. The number of carbonyl (C=O) groups excluding carboxylic acids is 1. The number of rotatable bonds is 10. The molecule has 1 aromatic rings. The molecule has 3 heteroatoms. The minimum Gasteiger partial charge on any atom is -0.507 e. The fourth-order valence-corrected chi connectivity index (χ4v) is 5.58. The van der Waals surface area contributed by atoms with Crippen molar-refractivity contribution in [1.82, 2.24) is 0 Å². The number of fused-ring (bicyclic) bond motifs is 2. The topological polar surface area (TPSA) is 46.5 Å². The quantitative estimate of drug-likeness (QED) is 0.227. The van der Waals surface area contributed by atoms with E-state index in [9.17, 15) is 9.90 Å². The summed E-state index contributed by atoms with van der Waals surface area (Å²) >= 11 is 0. The molecule has 1 aliphatic carbocycles. The highest BCUT2D eigenvalue weighted by atomic mass is 16.5. The monoisotopic (exact) mass is 440 g/mol. The van der Waals surface area contributed by atoms with Gasteiger partial charge in [-0.2, -0.15) is 0 Å². The Morgan fingerprint density at radius 1 is 1.03 bits per heavy atom. The van der Waals surface area contributed by atoms with Crippen LogP contribution in [-0.4, -0.2) is 11.1 Å². The van der Waals surface area contributed by atoms with E-state index in [0.29, 0.717) is 17.6 Å². The predicted octanol–water partition coefficient (Wildman–Crippen LogP) is 8.09. The number of phenols is 1. The molecule has 1 heterocycles. The van der Waals surface area contributed by atoms with Gasteiger partial charge in [0.25, 0.3) is 0 Å². The summed E-state index contributed by atoms with van der Waals surface area (Å²) in [5.41, 5.74) is 4.20. The van der Waals surface area contributed by atoms with Crippen molar-refractivity contribution in [2.24, 2.45) is 23.7 Å². The Bertz CT molecular complexity index is 818. The molecule has 1 aromatic carbocycles. The lowest BCUT2D eigenvalue weighted by Gasteiger charge is -2.29. The average Bonchev–Trinajstić information content (AvgIpc) is 2.81. The first-order valence-electron chi connectivity index (χ1n) is 13.1. The third kappa shape index (κ3) is 6.39. The van der Waals surface area contributed by atoms with Gasteiger partial charge in [-0.25, -0.2) is 0 Å². The molecule has 0 saturated carbocycles. The van der Waals surface area contributed by atoms with Crippen LogP contribution in [0.2, 0.25) is 0 Å². The molecule has 32 heavy (non-hydrogen) atoms. The summed E-state index contributed by atoms with van der Waals surface area (Å²) in [5, 5.41) is 11.0. The molecule has 1 aliphatic heterocycles. The van der Waals surface area contributed by atoms with Crippen LogP contribution in [0.15, 0.2) is 17.7 Å². The number of aryl methyl sites for hydroxylation is 1. The zero-order chi connectivity index (χ0) is 23.3. The van der Waals surface area contributed by atoms with Crippen LogP contribution in [-0.2, 0) is 11.2 Å². The fourth-order valence-electron chi connectivity index (χ4n) is 5.58. The van der Waals surface area contributed by atoms with E-state index in [1.807, 2.05) is 19.1 Å². The van der Waals surface area contributed by atoms with Gasteiger partial charge in [0.2, 0.25) is 0 Å². The van der Waals surface area contributed by atoms with E-state index in [4.69, 9.17) is 4.74 Å². The summed E-state index contributed by atoms with van der Waals surface area (Å²) in [6.45, 7) is 11.1. The Morgan fingerprint density at radius 2 is 1.75 bits per heavy atom. The van der Waals surface area contributed by atoms with Crippen LogP contribution in [0.3, 0.4) is 0 Å². The molecule has 0 aromatic heterocycles. The summed E-state index contributed by atoms with van der Waals surface area (Å²) in [6.07, 6.45) is 12.6. The largest absolute Gasteiger partial charge is 0.507 e. The van der Waals surface area contributed by atoms with Crippen molar-refractivity contribution < 1.29 is 14.6 Å². The third-order valence-electron chi connectivity index (χ3n) is 7.28. The van der Waals surface area contributed by atoms with E-state index in [1.165, 1.54) is 49.7 Å². The van der Waals surface area contributed by atoms with Gasteiger partial charge in [0.05, 0.1) is 11.5 Å². The molecule has 0 saturated heterocycles. The molecular weight excluding hydrogens is 396 g/mol. The SMILES string of the molecule is CC(C)CCCCCCCc1cc(O)c2c(c1)OC(=O)C(C)C1=C2CC(CC(C)C)CC1. The molecule has 0 fully saturated rings. The Labute approximate surface area is 195 Å². The molecule has 178 valence electrons. The smallest absolute Gasteiger partial charge is 0.318 e. The van der Waals surface area contributed by atoms with Crippen molar-refractivity contribution in [2.75, 3.05) is 0 Å². The van der Waals surface area contributed by atoms with Crippen molar-refractivity contribution in [3.63, 3.8) is 0 Å². The van der Waals surface area contributed by atoms with E-state index >= 15 is 0 Å². The highest BCUT2D eigenvalue weighted by molar-refractivity contribution is 5.89. The first kappa shape index (κ1) is 24.9. The minimum absolute atomic E-state index is 0.180. The van der Waals surface area contributed by atoms with Gasteiger partial charge < -0.3 is 9.84 Å². The lowest BCUT2D eigenvalue weighted by Crippen LogP contribution is -2.21. The lowest BCUT2D eigenvalue weighted by atomic mass is 9.74. The molecule has 2 atom stereocenters. The molecule has 0 bridgehead atoms. The number of hydrogen-bond acceptors (Lipinski definition) is 3. The standard InChI is InChI=1S/C29H44O3/c1-19(2)11-9-7-6-8-10-12-22-17-26(30)28-25-16-23(15-20(3)4)13-14-24(25)21(5)29(31)32-27(28)18-22/h17-21,23,30H,6-16H2,1-5H3. The predicted molar refractivity (Wildman–Crippen MR) is 133 cm³/mol. The zero-order valence-corrected chi connectivity index (χ0v) is 21.0. The fraction of sp³-hybridized carbons (Fsp3) is 0.690. The Balaban J connectivity index is 1.72. The summed E-state index contributed by atoms with van der Waals surface area (Å²) < 4.78 is 5.84. The Kier molecular flexibility index (Phi) is 8.85. The second-order valence-corrected chi connectivity index (χ2v) is 11.1. The van der Waals surface area contributed by atoms with Gasteiger partial charge >= 0.3 is 5.97 Å². The number of ether oxygens (including phenoxy) is 1. The summed E-state index contributed by atoms with van der Waals surface area (Å²) in [5.74, 6) is 2.51. The maximum absolute atomic E-state index is 12.8. The number of allylic oxidation sites excluding steroid dienone is 1. The first-order valence-corrected chi connectivity index (χ1v) is 13.1. The third-order valence-corrected chi connectivity index (χ3v) is 7.28. The number of unbranched alkanes of at least 4 members (excludes halogenated alkanes) is 4. The lowest BCUT2D eigenvalue weighted by molar-refractivity contribution is -0.137. The van der Waals surface area contributed by atoms with E-state index in [0.717, 1.165) is 49.1 Å². The molecule has 3 nitrogen and oxygen atoms in total. The van der Waals surface area contributed by atoms with Gasteiger partial charge in [0.15, 0.2) is 0 Å². The van der Waals surface area contributed by atoms with Crippen LogP contribution in [0.5, 0.6) is 11.5 Å². The van der Waals surface area contributed by atoms with Gasteiger partial charge in [0.1, 0.15) is 11.5 Å². The molecule has 0 spiro atoms. The van der Waals surface area contributed by atoms with Crippen LogP contribution in [0, 0.1) is 23.7 Å². The van der Waals surface area contributed by atoms with E-state index in [2.05, 4.69) is 27.7 Å². The number of hydrogen-bond donors (Lipinski definition) is 1. The van der Waals surface area contributed by atoms with Crippen molar-refractivity contribution >= 4 is 11.5 Å². The molecule has 2 unspecified atom stereocenters.